The number of benzene rings is 2. The van der Waals surface area contributed by atoms with Gasteiger partial charge in [-0.25, -0.2) is 4.98 Å². The van der Waals surface area contributed by atoms with Crippen molar-refractivity contribution in [1.82, 2.24) is 24.7 Å². The van der Waals surface area contributed by atoms with E-state index < -0.39 is 0 Å². The molecule has 0 unspecified atom stereocenters. The fourth-order valence-corrected chi connectivity index (χ4v) is 4.03. The third kappa shape index (κ3) is 3.63. The van der Waals surface area contributed by atoms with Gasteiger partial charge < -0.3 is 19.0 Å². The Kier molecular flexibility index (Phi) is 5.45. The normalized spacial score (nSPS) is 12.1. The number of aromatic nitrogens is 5. The number of hydrogen-bond acceptors (Lipinski definition) is 7. The molecule has 0 radical (unpaired) electrons. The second kappa shape index (κ2) is 8.19. The van der Waals surface area contributed by atoms with Crippen molar-refractivity contribution < 1.29 is 9.47 Å². The van der Waals surface area contributed by atoms with Gasteiger partial charge in [0.05, 0.1) is 30.4 Å². The Morgan fingerprint density at radius 2 is 1.83 bits per heavy atom. The average Bonchev–Trinajstić information content (AvgIpc) is 3.13. The first kappa shape index (κ1) is 20.0. The Morgan fingerprint density at radius 1 is 1.07 bits per heavy atom. The van der Waals surface area contributed by atoms with E-state index in [2.05, 4.69) is 20.2 Å². The number of H-pyrrole nitrogens is 1. The molecule has 2 aromatic heterocycles. The van der Waals surface area contributed by atoms with Gasteiger partial charge in [-0.05, 0) is 37.3 Å². The molecule has 0 fully saturated rings. The van der Waals surface area contributed by atoms with Crippen LogP contribution < -0.4 is 15.0 Å². The number of nitrogens with zero attached hydrogens (tertiary/aromatic N) is 4. The predicted octanol–water partition coefficient (Wildman–Crippen LogP) is 3.59. The van der Waals surface area contributed by atoms with Crippen LogP contribution in [0.1, 0.15) is 18.0 Å². The molecule has 0 saturated heterocycles. The van der Waals surface area contributed by atoms with Crippen LogP contribution in [-0.2, 0) is 7.05 Å². The zero-order valence-corrected chi connectivity index (χ0v) is 17.9. The molecular formula is C21H21N5O3S. The van der Waals surface area contributed by atoms with E-state index in [4.69, 9.17) is 9.47 Å². The second-order valence-electron chi connectivity index (χ2n) is 6.66. The molecule has 4 rings (SSSR count). The number of nitrogens with one attached hydrogen (secondary N) is 1. The Labute approximate surface area is 177 Å². The Hall–Kier alpha value is -3.33. The maximum atomic E-state index is 12.4. The van der Waals surface area contributed by atoms with Crippen LogP contribution >= 0.6 is 11.8 Å². The molecule has 0 aliphatic rings. The van der Waals surface area contributed by atoms with Crippen LogP contribution in [0.4, 0.5) is 0 Å². The van der Waals surface area contributed by atoms with Gasteiger partial charge >= 0.3 is 0 Å². The lowest BCUT2D eigenvalue weighted by Crippen LogP contribution is -2.13. The third-order valence-electron chi connectivity index (χ3n) is 4.78. The lowest BCUT2D eigenvalue weighted by molar-refractivity contribution is 0.355. The number of hydrogen-bond donors (Lipinski definition) is 1. The van der Waals surface area contributed by atoms with Crippen molar-refractivity contribution in [2.24, 2.45) is 7.05 Å². The minimum absolute atomic E-state index is 0.122. The SMILES string of the molecule is COc1ccc(-c2nnc(S[C@H](C)c3nc4ccccc4c(=O)[nH]3)n2C)cc1OC. The van der Waals surface area contributed by atoms with Crippen molar-refractivity contribution >= 4 is 22.7 Å². The molecule has 0 spiro atoms. The van der Waals surface area contributed by atoms with Crippen LogP contribution in [0.5, 0.6) is 11.5 Å². The summed E-state index contributed by atoms with van der Waals surface area (Å²) in [5.74, 6) is 2.57. The molecule has 0 aliphatic heterocycles. The van der Waals surface area contributed by atoms with Gasteiger partial charge in [0.25, 0.3) is 5.56 Å². The first-order chi connectivity index (χ1) is 14.5. The van der Waals surface area contributed by atoms with Crippen LogP contribution in [-0.4, -0.2) is 39.0 Å². The summed E-state index contributed by atoms with van der Waals surface area (Å²) in [4.78, 5) is 19.8. The summed E-state index contributed by atoms with van der Waals surface area (Å²) >= 11 is 1.47. The number of methoxy groups -OCH3 is 2. The number of rotatable bonds is 6. The molecule has 0 amide bonds. The van der Waals surface area contributed by atoms with Crippen molar-refractivity contribution in [3.63, 3.8) is 0 Å². The summed E-state index contributed by atoms with van der Waals surface area (Å²) in [6.45, 7) is 1.97. The lowest BCUT2D eigenvalue weighted by Gasteiger charge is -2.12. The third-order valence-corrected chi connectivity index (χ3v) is 5.92. The molecule has 2 heterocycles. The molecule has 0 saturated carbocycles. The maximum Gasteiger partial charge on any atom is 0.258 e. The molecule has 1 atom stereocenters. The maximum absolute atomic E-state index is 12.4. The highest BCUT2D eigenvalue weighted by molar-refractivity contribution is 7.99. The molecule has 9 heteroatoms. The summed E-state index contributed by atoms with van der Waals surface area (Å²) in [6.07, 6.45) is 0. The van der Waals surface area contributed by atoms with E-state index >= 15 is 0 Å². The molecule has 154 valence electrons. The quantitative estimate of drug-likeness (QED) is 0.474. The fourth-order valence-electron chi connectivity index (χ4n) is 3.16. The molecule has 1 N–H and O–H groups in total. The van der Waals surface area contributed by atoms with Gasteiger partial charge in [-0.15, -0.1) is 10.2 Å². The van der Waals surface area contributed by atoms with Crippen LogP contribution in [0.25, 0.3) is 22.3 Å². The highest BCUT2D eigenvalue weighted by Gasteiger charge is 2.18. The monoisotopic (exact) mass is 423 g/mol. The minimum Gasteiger partial charge on any atom is -0.493 e. The largest absolute Gasteiger partial charge is 0.493 e. The summed E-state index contributed by atoms with van der Waals surface area (Å²) in [7, 11) is 5.09. The van der Waals surface area contributed by atoms with Gasteiger partial charge in [0.15, 0.2) is 22.5 Å². The molecule has 0 aliphatic carbocycles. The minimum atomic E-state index is -0.146. The fraction of sp³-hybridized carbons (Fsp3) is 0.238. The summed E-state index contributed by atoms with van der Waals surface area (Å²) in [6, 6.07) is 12.9. The molecule has 30 heavy (non-hydrogen) atoms. The molecular weight excluding hydrogens is 402 g/mol. The second-order valence-corrected chi connectivity index (χ2v) is 7.97. The first-order valence-electron chi connectivity index (χ1n) is 9.29. The number of aromatic amines is 1. The van der Waals surface area contributed by atoms with Gasteiger partial charge in [-0.2, -0.15) is 0 Å². The van der Waals surface area contributed by atoms with Gasteiger partial charge in [-0.3, -0.25) is 4.79 Å². The van der Waals surface area contributed by atoms with E-state index in [0.717, 1.165) is 5.56 Å². The van der Waals surface area contributed by atoms with E-state index in [0.29, 0.717) is 39.2 Å². The van der Waals surface area contributed by atoms with Gasteiger partial charge in [-0.1, -0.05) is 23.9 Å². The van der Waals surface area contributed by atoms with Crippen molar-refractivity contribution in [2.75, 3.05) is 14.2 Å². The van der Waals surface area contributed by atoms with E-state index in [1.165, 1.54) is 11.8 Å². The molecule has 0 bridgehead atoms. The molecule has 8 nitrogen and oxygen atoms in total. The highest BCUT2D eigenvalue weighted by Crippen LogP contribution is 2.35. The molecule has 4 aromatic rings. The van der Waals surface area contributed by atoms with E-state index in [-0.39, 0.29) is 10.8 Å². The topological polar surface area (TPSA) is 94.9 Å². The average molecular weight is 423 g/mol. The van der Waals surface area contributed by atoms with Gasteiger partial charge in [0.2, 0.25) is 0 Å². The van der Waals surface area contributed by atoms with Crippen LogP contribution in [0, 0.1) is 0 Å². The predicted molar refractivity (Wildman–Crippen MR) is 116 cm³/mol. The molecule has 2 aromatic carbocycles. The smallest absolute Gasteiger partial charge is 0.258 e. The Morgan fingerprint density at radius 3 is 2.60 bits per heavy atom. The number of fused-ring (bicyclic) bond motifs is 1. The first-order valence-corrected chi connectivity index (χ1v) is 10.2. The van der Waals surface area contributed by atoms with E-state index in [1.807, 2.05) is 54.9 Å². The van der Waals surface area contributed by atoms with Crippen molar-refractivity contribution in [2.45, 2.75) is 17.3 Å². The van der Waals surface area contributed by atoms with Crippen molar-refractivity contribution in [3.8, 4) is 22.9 Å². The van der Waals surface area contributed by atoms with Gasteiger partial charge in [0.1, 0.15) is 5.82 Å². The van der Waals surface area contributed by atoms with Crippen molar-refractivity contribution in [1.29, 1.82) is 0 Å². The Bertz CT molecular complexity index is 1270. The zero-order chi connectivity index (χ0) is 21.3. The van der Waals surface area contributed by atoms with Crippen molar-refractivity contribution in [3.05, 3.63) is 58.6 Å². The number of para-hydroxylation sites is 1. The summed E-state index contributed by atoms with van der Waals surface area (Å²) in [5, 5.41) is 9.83. The van der Waals surface area contributed by atoms with Crippen LogP contribution in [0.2, 0.25) is 0 Å². The van der Waals surface area contributed by atoms with E-state index in [9.17, 15) is 4.79 Å². The van der Waals surface area contributed by atoms with E-state index in [1.54, 1.807) is 20.3 Å². The number of thioether (sulfide) groups is 1. The summed E-state index contributed by atoms with van der Waals surface area (Å²) < 4.78 is 12.6. The zero-order valence-electron chi connectivity index (χ0n) is 17.0. The number of ether oxygens (including phenoxy) is 2. The van der Waals surface area contributed by atoms with Crippen LogP contribution in [0.3, 0.4) is 0 Å². The lowest BCUT2D eigenvalue weighted by atomic mass is 10.2. The van der Waals surface area contributed by atoms with Gasteiger partial charge in [0, 0.05) is 12.6 Å². The standard InChI is InChI=1S/C21H21N5O3S/c1-12(18-22-15-8-6-5-7-14(15)20(27)23-18)30-21-25-24-19(26(21)2)13-9-10-16(28-3)17(11-13)29-4/h5-12H,1-4H3,(H,22,23,27)/t12-/m1/s1. The highest BCUT2D eigenvalue weighted by atomic mass is 32.2. The Balaban J connectivity index is 1.62. The summed E-state index contributed by atoms with van der Waals surface area (Å²) in [5.41, 5.74) is 1.39. The van der Waals surface area contributed by atoms with Crippen LogP contribution in [0.15, 0.2) is 52.4 Å².